The maximum Gasteiger partial charge on any atom is 0.232 e. The van der Waals surface area contributed by atoms with Crippen LogP contribution in [0.2, 0.25) is 0 Å². The quantitative estimate of drug-likeness (QED) is 0.650. The smallest absolute Gasteiger partial charge is 0.232 e. The van der Waals surface area contributed by atoms with Crippen molar-refractivity contribution in [3.63, 3.8) is 0 Å². The van der Waals surface area contributed by atoms with Crippen LogP contribution in [0.4, 0.5) is 0 Å². The molecule has 31 heavy (non-hydrogen) atoms. The molecule has 162 valence electrons. The minimum absolute atomic E-state index is 0.150. The molecule has 0 saturated carbocycles. The van der Waals surface area contributed by atoms with Gasteiger partial charge in [-0.25, -0.2) is 4.98 Å². The van der Waals surface area contributed by atoms with Crippen LogP contribution in [0.25, 0.3) is 5.65 Å². The lowest BCUT2D eigenvalue weighted by atomic mass is 9.82. The molecule has 2 aliphatic heterocycles. The van der Waals surface area contributed by atoms with Crippen LogP contribution in [-0.2, 0) is 16.8 Å². The molecule has 2 aliphatic rings. The van der Waals surface area contributed by atoms with Crippen molar-refractivity contribution in [2.45, 2.75) is 25.8 Å². The Bertz CT molecular complexity index is 1070. The van der Waals surface area contributed by atoms with Gasteiger partial charge in [-0.05, 0) is 43.7 Å². The van der Waals surface area contributed by atoms with E-state index in [1.54, 1.807) is 0 Å². The Morgan fingerprint density at radius 3 is 2.58 bits per heavy atom. The minimum Gasteiger partial charge on any atom is -0.486 e. The van der Waals surface area contributed by atoms with E-state index in [-0.39, 0.29) is 5.91 Å². The van der Waals surface area contributed by atoms with Crippen LogP contribution < -0.4 is 9.47 Å². The molecule has 7 heteroatoms. The van der Waals surface area contributed by atoms with E-state index in [0.717, 1.165) is 61.1 Å². The molecule has 0 atom stereocenters. The molecule has 2 aromatic heterocycles. The molecular weight excluding hydrogens is 392 g/mol. The Morgan fingerprint density at radius 1 is 1.03 bits per heavy atom. The Kier molecular flexibility index (Phi) is 5.06. The summed E-state index contributed by atoms with van der Waals surface area (Å²) in [4.78, 5) is 22.4. The Balaban J connectivity index is 1.23. The standard InChI is InChI=1S/C24H28N4O3/c1-24(2,18-6-7-20-21(15-18)31-14-13-30-20)23(29)27-11-9-26(10-12-27)16-19-17-28-8-4-3-5-22(28)25-19/h3-8,15,17H,9-14,16H2,1-2H3. The molecule has 0 unspecified atom stereocenters. The van der Waals surface area contributed by atoms with Gasteiger partial charge in [0.2, 0.25) is 5.91 Å². The van der Waals surface area contributed by atoms with Crippen molar-refractivity contribution in [1.82, 2.24) is 19.2 Å². The zero-order valence-corrected chi connectivity index (χ0v) is 18.1. The molecule has 4 heterocycles. The minimum atomic E-state index is -0.625. The maximum atomic E-state index is 13.4. The van der Waals surface area contributed by atoms with Crippen LogP contribution >= 0.6 is 0 Å². The van der Waals surface area contributed by atoms with Crippen LogP contribution in [-0.4, -0.2) is 64.5 Å². The van der Waals surface area contributed by atoms with Gasteiger partial charge in [-0.15, -0.1) is 0 Å². The first-order valence-electron chi connectivity index (χ1n) is 10.9. The monoisotopic (exact) mass is 420 g/mol. The Labute approximate surface area is 182 Å². The fourth-order valence-corrected chi connectivity index (χ4v) is 4.35. The average Bonchev–Trinajstić information content (AvgIpc) is 3.21. The highest BCUT2D eigenvalue weighted by Gasteiger charge is 2.36. The maximum absolute atomic E-state index is 13.4. The van der Waals surface area contributed by atoms with Gasteiger partial charge in [0.1, 0.15) is 18.9 Å². The number of amides is 1. The van der Waals surface area contributed by atoms with Crippen LogP contribution in [0.15, 0.2) is 48.8 Å². The van der Waals surface area contributed by atoms with E-state index >= 15 is 0 Å². The fourth-order valence-electron chi connectivity index (χ4n) is 4.35. The summed E-state index contributed by atoms with van der Waals surface area (Å²) in [5.74, 6) is 1.62. The van der Waals surface area contributed by atoms with Crippen LogP contribution in [0.1, 0.15) is 25.1 Å². The highest BCUT2D eigenvalue weighted by atomic mass is 16.6. The van der Waals surface area contributed by atoms with Crippen molar-refractivity contribution >= 4 is 11.6 Å². The van der Waals surface area contributed by atoms with Crippen LogP contribution in [0.3, 0.4) is 0 Å². The number of aromatic nitrogens is 2. The molecule has 5 rings (SSSR count). The van der Waals surface area contributed by atoms with Gasteiger partial charge in [-0.3, -0.25) is 9.69 Å². The van der Waals surface area contributed by atoms with Crippen molar-refractivity contribution in [1.29, 1.82) is 0 Å². The molecule has 0 N–H and O–H groups in total. The molecule has 0 spiro atoms. The molecule has 1 saturated heterocycles. The molecule has 0 radical (unpaired) electrons. The lowest BCUT2D eigenvalue weighted by Gasteiger charge is -2.38. The lowest BCUT2D eigenvalue weighted by Crippen LogP contribution is -2.52. The number of nitrogens with zero attached hydrogens (tertiary/aromatic N) is 4. The number of hydrogen-bond acceptors (Lipinski definition) is 5. The SMILES string of the molecule is CC(C)(C(=O)N1CCN(Cc2cn3ccccc3n2)CC1)c1ccc2c(c1)OCCO2. The molecular formula is C24H28N4O3. The summed E-state index contributed by atoms with van der Waals surface area (Å²) in [5.41, 5.74) is 2.35. The first-order chi connectivity index (χ1) is 15.0. The third kappa shape index (κ3) is 3.85. The van der Waals surface area contributed by atoms with E-state index in [1.807, 2.05) is 65.7 Å². The molecule has 1 fully saturated rings. The fraction of sp³-hybridized carbons (Fsp3) is 0.417. The number of fused-ring (bicyclic) bond motifs is 2. The normalized spacial score (nSPS) is 17.2. The van der Waals surface area contributed by atoms with Gasteiger partial charge in [0.05, 0.1) is 11.1 Å². The zero-order chi connectivity index (χ0) is 21.4. The van der Waals surface area contributed by atoms with E-state index in [0.29, 0.717) is 13.2 Å². The van der Waals surface area contributed by atoms with Crippen molar-refractivity contribution in [2.75, 3.05) is 39.4 Å². The number of benzene rings is 1. The summed E-state index contributed by atoms with van der Waals surface area (Å²) in [6.07, 6.45) is 4.10. The number of pyridine rings is 1. The summed E-state index contributed by atoms with van der Waals surface area (Å²) in [6, 6.07) is 11.9. The summed E-state index contributed by atoms with van der Waals surface area (Å²) >= 11 is 0. The second-order valence-corrected chi connectivity index (χ2v) is 8.75. The summed E-state index contributed by atoms with van der Waals surface area (Å²) in [7, 11) is 0. The summed E-state index contributed by atoms with van der Waals surface area (Å²) < 4.78 is 13.4. The number of carbonyl (C=O) groups excluding carboxylic acids is 1. The second kappa shape index (κ2) is 7.89. The molecule has 7 nitrogen and oxygen atoms in total. The zero-order valence-electron chi connectivity index (χ0n) is 18.1. The molecule has 0 bridgehead atoms. The highest BCUT2D eigenvalue weighted by molar-refractivity contribution is 5.87. The number of hydrogen-bond donors (Lipinski definition) is 0. The molecule has 0 aliphatic carbocycles. The third-order valence-electron chi connectivity index (χ3n) is 6.26. The van der Waals surface area contributed by atoms with E-state index in [1.165, 1.54) is 0 Å². The van der Waals surface area contributed by atoms with Crippen LogP contribution in [0, 0.1) is 0 Å². The largest absolute Gasteiger partial charge is 0.486 e. The lowest BCUT2D eigenvalue weighted by molar-refractivity contribution is -0.138. The number of rotatable bonds is 4. The van der Waals surface area contributed by atoms with E-state index in [2.05, 4.69) is 11.1 Å². The van der Waals surface area contributed by atoms with E-state index < -0.39 is 5.41 Å². The topological polar surface area (TPSA) is 59.3 Å². The number of imidazole rings is 1. The van der Waals surface area contributed by atoms with Gasteiger partial charge in [0.15, 0.2) is 11.5 Å². The van der Waals surface area contributed by atoms with E-state index in [4.69, 9.17) is 14.5 Å². The highest BCUT2D eigenvalue weighted by Crippen LogP contribution is 2.36. The molecule has 3 aromatic rings. The van der Waals surface area contributed by atoms with Crippen molar-refractivity contribution in [3.05, 3.63) is 60.0 Å². The first-order valence-corrected chi connectivity index (χ1v) is 10.9. The van der Waals surface area contributed by atoms with Crippen molar-refractivity contribution < 1.29 is 14.3 Å². The van der Waals surface area contributed by atoms with Gasteiger partial charge in [0.25, 0.3) is 0 Å². The second-order valence-electron chi connectivity index (χ2n) is 8.75. The Morgan fingerprint density at radius 2 is 1.81 bits per heavy atom. The Hall–Kier alpha value is -3.06. The number of ether oxygens (including phenoxy) is 2. The van der Waals surface area contributed by atoms with Gasteiger partial charge in [-0.2, -0.15) is 0 Å². The van der Waals surface area contributed by atoms with E-state index in [9.17, 15) is 4.79 Å². The summed E-state index contributed by atoms with van der Waals surface area (Å²) in [5, 5.41) is 0. The number of piperazine rings is 1. The predicted octanol–water partition coefficient (Wildman–Crippen LogP) is 2.73. The third-order valence-corrected chi connectivity index (χ3v) is 6.26. The predicted molar refractivity (Wildman–Crippen MR) is 118 cm³/mol. The first kappa shape index (κ1) is 19.9. The van der Waals surface area contributed by atoms with Gasteiger partial charge in [0, 0.05) is 45.1 Å². The van der Waals surface area contributed by atoms with Crippen molar-refractivity contribution in [2.24, 2.45) is 0 Å². The van der Waals surface area contributed by atoms with Gasteiger partial charge in [-0.1, -0.05) is 12.1 Å². The summed E-state index contributed by atoms with van der Waals surface area (Å²) in [6.45, 7) is 9.02. The average molecular weight is 421 g/mol. The molecule has 1 aromatic carbocycles. The van der Waals surface area contributed by atoms with Crippen LogP contribution in [0.5, 0.6) is 11.5 Å². The number of carbonyl (C=O) groups is 1. The van der Waals surface area contributed by atoms with Gasteiger partial charge < -0.3 is 18.8 Å². The van der Waals surface area contributed by atoms with Gasteiger partial charge >= 0.3 is 0 Å². The van der Waals surface area contributed by atoms with Crippen molar-refractivity contribution in [3.8, 4) is 11.5 Å². The molecule has 1 amide bonds.